The molecular formula is C14H26BN. The highest BCUT2D eigenvalue weighted by Gasteiger charge is 2.50. The minimum Gasteiger partial charge on any atom is -0.348 e. The summed E-state index contributed by atoms with van der Waals surface area (Å²) in [7, 11) is 6.33. The molecule has 0 amide bonds. The Labute approximate surface area is 102 Å². The first-order valence-electron chi connectivity index (χ1n) is 7.15. The van der Waals surface area contributed by atoms with Gasteiger partial charge in [-0.3, -0.25) is 0 Å². The van der Waals surface area contributed by atoms with E-state index in [0.717, 1.165) is 5.92 Å². The minimum absolute atomic E-state index is 0.449. The first kappa shape index (κ1) is 12.5. The van der Waals surface area contributed by atoms with Crippen molar-refractivity contribution in [2.24, 2.45) is 11.3 Å². The number of hydrogen-bond acceptors (Lipinski definition) is 1. The average Bonchev–Trinajstić information content (AvgIpc) is 2.86. The van der Waals surface area contributed by atoms with E-state index in [1.165, 1.54) is 44.9 Å². The number of rotatable bonds is 5. The summed E-state index contributed by atoms with van der Waals surface area (Å²) in [4.78, 5) is 2.23. The van der Waals surface area contributed by atoms with Gasteiger partial charge < -0.3 is 4.81 Å². The van der Waals surface area contributed by atoms with Crippen molar-refractivity contribution in [1.29, 1.82) is 0 Å². The van der Waals surface area contributed by atoms with E-state index in [0.29, 0.717) is 17.5 Å². The van der Waals surface area contributed by atoms with Crippen LogP contribution in [0, 0.1) is 11.3 Å². The maximum atomic E-state index is 6.33. The van der Waals surface area contributed by atoms with Gasteiger partial charge in [0, 0.05) is 6.04 Å². The van der Waals surface area contributed by atoms with E-state index in [1.54, 1.807) is 0 Å². The van der Waals surface area contributed by atoms with Crippen molar-refractivity contribution in [2.75, 3.05) is 0 Å². The van der Waals surface area contributed by atoms with Crippen molar-refractivity contribution in [1.82, 2.24) is 4.81 Å². The zero-order valence-electron chi connectivity index (χ0n) is 11.2. The fourth-order valence-electron chi connectivity index (χ4n) is 4.06. The van der Waals surface area contributed by atoms with Crippen molar-refractivity contribution in [3.05, 3.63) is 0 Å². The van der Waals surface area contributed by atoms with Gasteiger partial charge in [-0.2, -0.15) is 0 Å². The fraction of sp³-hybridized carbons (Fsp3) is 1.00. The Morgan fingerprint density at radius 2 is 2.06 bits per heavy atom. The third kappa shape index (κ3) is 1.94. The molecule has 1 saturated heterocycles. The molecule has 1 saturated carbocycles. The number of fused-ring (bicyclic) bond motifs is 2. The largest absolute Gasteiger partial charge is 0.348 e. The van der Waals surface area contributed by atoms with Gasteiger partial charge >= 0.3 is 0 Å². The van der Waals surface area contributed by atoms with E-state index >= 15 is 0 Å². The van der Waals surface area contributed by atoms with Gasteiger partial charge in [-0.15, -0.1) is 0 Å². The molecule has 0 N–H and O–H groups in total. The van der Waals surface area contributed by atoms with Crippen LogP contribution < -0.4 is 0 Å². The van der Waals surface area contributed by atoms with Crippen molar-refractivity contribution >= 4 is 7.98 Å². The quantitative estimate of drug-likeness (QED) is 0.639. The Balaban J connectivity index is 2.08. The molecular weight excluding hydrogens is 193 g/mol. The summed E-state index contributed by atoms with van der Waals surface area (Å²) in [6.07, 6.45) is 9.40. The lowest BCUT2D eigenvalue weighted by Gasteiger charge is -2.45. The molecule has 2 rings (SSSR count). The third-order valence-corrected chi connectivity index (χ3v) is 5.26. The maximum absolute atomic E-state index is 6.33. The molecule has 0 aromatic rings. The summed E-state index contributed by atoms with van der Waals surface area (Å²) in [6.45, 7) is 7.10. The van der Waals surface area contributed by atoms with E-state index in [2.05, 4.69) is 25.6 Å². The molecule has 1 heterocycles. The van der Waals surface area contributed by atoms with Crippen LogP contribution >= 0.6 is 0 Å². The first-order chi connectivity index (χ1) is 7.62. The van der Waals surface area contributed by atoms with Crippen LogP contribution in [0.15, 0.2) is 0 Å². The molecule has 2 aliphatic rings. The predicted octanol–water partition coefficient (Wildman–Crippen LogP) is 3.53. The van der Waals surface area contributed by atoms with Crippen LogP contribution in [0.4, 0.5) is 0 Å². The van der Waals surface area contributed by atoms with Crippen LogP contribution in [-0.4, -0.2) is 24.9 Å². The Morgan fingerprint density at radius 3 is 2.56 bits per heavy atom. The second-order valence-corrected chi connectivity index (χ2v) is 6.23. The lowest BCUT2D eigenvalue weighted by molar-refractivity contribution is 0.0845. The minimum atomic E-state index is 0.449. The van der Waals surface area contributed by atoms with Gasteiger partial charge in [0.05, 0.1) is 0 Å². The van der Waals surface area contributed by atoms with Crippen LogP contribution in [-0.2, 0) is 0 Å². The Morgan fingerprint density at radius 1 is 1.31 bits per heavy atom. The smallest absolute Gasteiger partial charge is 0.183 e. The van der Waals surface area contributed by atoms with Crippen LogP contribution in [0.3, 0.4) is 0 Å². The number of nitrogens with zero attached hydrogens (tertiary/aromatic N) is 1. The average molecular weight is 219 g/mol. The van der Waals surface area contributed by atoms with Crippen molar-refractivity contribution in [2.45, 2.75) is 77.8 Å². The Bertz CT molecular complexity index is 241. The highest BCUT2D eigenvalue weighted by Crippen LogP contribution is 2.50. The SMILES string of the molecule is [B]N1C(C(C)(CC)CCCC)[C@H]2CC[C@@H]1C2. The van der Waals surface area contributed by atoms with E-state index in [-0.39, 0.29) is 0 Å². The van der Waals surface area contributed by atoms with Crippen LogP contribution in [0.2, 0.25) is 0 Å². The van der Waals surface area contributed by atoms with Gasteiger partial charge in [0.25, 0.3) is 0 Å². The van der Waals surface area contributed by atoms with Crippen molar-refractivity contribution in [3.8, 4) is 0 Å². The number of piperidine rings is 1. The molecule has 1 aliphatic heterocycles. The standard InChI is InChI=1S/C14H26BN/c1-4-6-9-14(3,5-2)13-11-7-8-12(10-11)16(13)15/h11-13H,4-10H2,1-3H3/t11-,12+,13?,14?/m0/s1. The van der Waals surface area contributed by atoms with Gasteiger partial charge in [-0.1, -0.05) is 33.6 Å². The molecule has 2 fully saturated rings. The topological polar surface area (TPSA) is 3.24 Å². The second kappa shape index (κ2) is 4.72. The second-order valence-electron chi connectivity index (χ2n) is 6.23. The van der Waals surface area contributed by atoms with Gasteiger partial charge in [-0.25, -0.2) is 0 Å². The zero-order chi connectivity index (χ0) is 11.8. The zero-order valence-corrected chi connectivity index (χ0v) is 11.2. The summed E-state index contributed by atoms with van der Waals surface area (Å²) in [5.41, 5.74) is 0.449. The molecule has 2 bridgehead atoms. The summed E-state index contributed by atoms with van der Waals surface area (Å²) in [5, 5.41) is 0. The van der Waals surface area contributed by atoms with Gasteiger partial charge in [0.2, 0.25) is 0 Å². The summed E-state index contributed by atoms with van der Waals surface area (Å²) < 4.78 is 0. The molecule has 16 heavy (non-hydrogen) atoms. The number of hydrogen-bond donors (Lipinski definition) is 0. The first-order valence-corrected chi connectivity index (χ1v) is 7.15. The van der Waals surface area contributed by atoms with E-state index in [9.17, 15) is 0 Å². The molecule has 1 aliphatic carbocycles. The maximum Gasteiger partial charge on any atom is 0.183 e. The van der Waals surface area contributed by atoms with Gasteiger partial charge in [-0.05, 0) is 49.5 Å². The molecule has 1 nitrogen and oxygen atoms in total. The Hall–Kier alpha value is 0.0249. The molecule has 0 aromatic heterocycles. The highest BCUT2D eigenvalue weighted by molar-refractivity contribution is 6.05. The monoisotopic (exact) mass is 219 g/mol. The summed E-state index contributed by atoms with van der Waals surface area (Å²) >= 11 is 0. The number of unbranched alkanes of at least 4 members (excludes halogenated alkanes) is 1. The van der Waals surface area contributed by atoms with Crippen LogP contribution in [0.5, 0.6) is 0 Å². The summed E-state index contributed by atoms with van der Waals surface area (Å²) in [6, 6.07) is 1.35. The summed E-state index contributed by atoms with van der Waals surface area (Å²) in [5.74, 6) is 0.886. The van der Waals surface area contributed by atoms with Crippen molar-refractivity contribution < 1.29 is 0 Å². The fourth-order valence-corrected chi connectivity index (χ4v) is 4.06. The lowest BCUT2D eigenvalue weighted by atomic mass is 9.69. The van der Waals surface area contributed by atoms with Crippen LogP contribution in [0.25, 0.3) is 0 Å². The molecule has 2 unspecified atom stereocenters. The lowest BCUT2D eigenvalue weighted by Crippen LogP contribution is -2.48. The third-order valence-electron chi connectivity index (χ3n) is 5.26. The normalized spacial score (nSPS) is 37.8. The molecule has 0 spiro atoms. The highest BCUT2D eigenvalue weighted by atomic mass is 15.2. The Kier molecular flexibility index (Phi) is 3.68. The van der Waals surface area contributed by atoms with Gasteiger partial charge in [0.1, 0.15) is 0 Å². The van der Waals surface area contributed by atoms with Gasteiger partial charge in [0.15, 0.2) is 7.98 Å². The molecule has 90 valence electrons. The predicted molar refractivity (Wildman–Crippen MR) is 70.4 cm³/mol. The van der Waals surface area contributed by atoms with Crippen molar-refractivity contribution in [3.63, 3.8) is 0 Å². The molecule has 2 radical (unpaired) electrons. The van der Waals surface area contributed by atoms with E-state index in [1.807, 2.05) is 0 Å². The van der Waals surface area contributed by atoms with E-state index < -0.39 is 0 Å². The molecule has 2 heteroatoms. The van der Waals surface area contributed by atoms with E-state index in [4.69, 9.17) is 7.98 Å². The van der Waals surface area contributed by atoms with Crippen LogP contribution in [0.1, 0.15) is 65.7 Å². The molecule has 4 atom stereocenters. The molecule has 0 aromatic carbocycles.